The lowest BCUT2D eigenvalue weighted by Crippen LogP contribution is -2.25. The molecule has 0 aliphatic heterocycles. The summed E-state index contributed by atoms with van der Waals surface area (Å²) in [6, 6.07) is 18.6. The predicted octanol–water partition coefficient (Wildman–Crippen LogP) is 5.13. The van der Waals surface area contributed by atoms with Gasteiger partial charge in [-0.2, -0.15) is 0 Å². The van der Waals surface area contributed by atoms with E-state index in [0.717, 1.165) is 21.3 Å². The maximum Gasteiger partial charge on any atom is 0.268 e. The Kier molecular flexibility index (Phi) is 4.77. The van der Waals surface area contributed by atoms with Gasteiger partial charge in [-0.3, -0.25) is 4.79 Å². The molecule has 0 saturated heterocycles. The Bertz CT molecular complexity index is 1110. The zero-order valence-corrected chi connectivity index (χ0v) is 15.7. The zero-order valence-electron chi connectivity index (χ0n) is 14.9. The molecule has 2 heterocycles. The van der Waals surface area contributed by atoms with E-state index in [1.54, 1.807) is 23.5 Å². The minimum Gasteiger partial charge on any atom is -0.347 e. The van der Waals surface area contributed by atoms with Crippen molar-refractivity contribution < 1.29 is 9.18 Å². The first-order valence-corrected chi connectivity index (χ1v) is 9.63. The van der Waals surface area contributed by atoms with Crippen LogP contribution in [0.3, 0.4) is 0 Å². The summed E-state index contributed by atoms with van der Waals surface area (Å²) >= 11 is 1.58. The first-order chi connectivity index (χ1) is 13.1. The number of carbonyl (C=O) groups excluding carboxylic acids is 1. The molecule has 1 N–H and O–H groups in total. The number of nitrogens with zero attached hydrogens (tertiary/aromatic N) is 1. The lowest BCUT2D eigenvalue weighted by molar-refractivity contribution is 0.0942. The van der Waals surface area contributed by atoms with E-state index in [1.807, 2.05) is 53.3 Å². The van der Waals surface area contributed by atoms with Gasteiger partial charge in [0.2, 0.25) is 0 Å². The standard InChI is InChI=1S/C22H19FN2OS/c1-15-5-4-6-16(11-15)13-24-22(26)20-12-21-19(9-10-27-21)25(20)14-17-7-2-3-8-18(17)23/h2-12H,13-14H2,1H3,(H,24,26). The third kappa shape index (κ3) is 3.64. The third-order valence-electron chi connectivity index (χ3n) is 4.58. The van der Waals surface area contributed by atoms with E-state index in [-0.39, 0.29) is 11.7 Å². The van der Waals surface area contributed by atoms with E-state index in [0.29, 0.717) is 24.3 Å². The monoisotopic (exact) mass is 378 g/mol. The molecule has 4 aromatic rings. The van der Waals surface area contributed by atoms with Crippen molar-refractivity contribution in [1.82, 2.24) is 9.88 Å². The summed E-state index contributed by atoms with van der Waals surface area (Å²) < 4.78 is 17.0. The molecule has 0 fully saturated rings. The maximum absolute atomic E-state index is 14.1. The Morgan fingerprint density at radius 2 is 1.96 bits per heavy atom. The molecule has 4 rings (SSSR count). The number of amides is 1. The fraction of sp³-hybridized carbons (Fsp3) is 0.136. The average molecular weight is 378 g/mol. The highest BCUT2D eigenvalue weighted by atomic mass is 32.1. The summed E-state index contributed by atoms with van der Waals surface area (Å²) in [4.78, 5) is 12.8. The second kappa shape index (κ2) is 7.37. The number of hydrogen-bond acceptors (Lipinski definition) is 2. The van der Waals surface area contributed by atoms with Gasteiger partial charge in [-0.1, -0.05) is 48.0 Å². The lowest BCUT2D eigenvalue weighted by Gasteiger charge is -2.12. The molecule has 0 bridgehead atoms. The smallest absolute Gasteiger partial charge is 0.268 e. The van der Waals surface area contributed by atoms with Crippen LogP contribution in [0.2, 0.25) is 0 Å². The molecule has 2 aromatic carbocycles. The highest BCUT2D eigenvalue weighted by Crippen LogP contribution is 2.26. The van der Waals surface area contributed by atoms with Gasteiger partial charge in [0.05, 0.1) is 16.8 Å². The summed E-state index contributed by atoms with van der Waals surface area (Å²) in [5, 5.41) is 4.97. The molecule has 0 aliphatic rings. The fourth-order valence-electron chi connectivity index (χ4n) is 3.23. The van der Waals surface area contributed by atoms with Crippen LogP contribution in [0.4, 0.5) is 4.39 Å². The summed E-state index contributed by atoms with van der Waals surface area (Å²) in [7, 11) is 0. The number of halogens is 1. The molecule has 2 aromatic heterocycles. The highest BCUT2D eigenvalue weighted by molar-refractivity contribution is 7.17. The largest absolute Gasteiger partial charge is 0.347 e. The molecule has 136 valence electrons. The number of carbonyl (C=O) groups is 1. The van der Waals surface area contributed by atoms with Crippen molar-refractivity contribution in [3.8, 4) is 0 Å². The molecule has 0 radical (unpaired) electrons. The Balaban J connectivity index is 1.62. The number of fused-ring (bicyclic) bond motifs is 1. The van der Waals surface area contributed by atoms with Crippen molar-refractivity contribution in [3.63, 3.8) is 0 Å². The Hall–Kier alpha value is -2.92. The second-order valence-electron chi connectivity index (χ2n) is 6.55. The zero-order chi connectivity index (χ0) is 18.8. The van der Waals surface area contributed by atoms with Gasteiger partial charge in [-0.05, 0) is 36.1 Å². The van der Waals surface area contributed by atoms with Crippen LogP contribution in [0.1, 0.15) is 27.2 Å². The summed E-state index contributed by atoms with van der Waals surface area (Å²) in [6.45, 7) is 2.80. The van der Waals surface area contributed by atoms with E-state index in [4.69, 9.17) is 0 Å². The van der Waals surface area contributed by atoms with Gasteiger partial charge >= 0.3 is 0 Å². The van der Waals surface area contributed by atoms with Gasteiger partial charge in [0, 0.05) is 12.1 Å². The summed E-state index contributed by atoms with van der Waals surface area (Å²) in [5.41, 5.74) is 4.27. The lowest BCUT2D eigenvalue weighted by atomic mass is 10.1. The molecule has 0 unspecified atom stereocenters. The van der Waals surface area contributed by atoms with Crippen LogP contribution < -0.4 is 5.32 Å². The predicted molar refractivity (Wildman–Crippen MR) is 108 cm³/mol. The van der Waals surface area contributed by atoms with Crippen LogP contribution in [0, 0.1) is 12.7 Å². The van der Waals surface area contributed by atoms with E-state index < -0.39 is 0 Å². The van der Waals surface area contributed by atoms with E-state index in [1.165, 1.54) is 6.07 Å². The normalized spacial score (nSPS) is 11.0. The number of aryl methyl sites for hydroxylation is 1. The van der Waals surface area contributed by atoms with Gasteiger partial charge in [-0.15, -0.1) is 11.3 Å². The molecule has 27 heavy (non-hydrogen) atoms. The molecule has 3 nitrogen and oxygen atoms in total. The molecular formula is C22H19FN2OS. The Morgan fingerprint density at radius 3 is 2.78 bits per heavy atom. The van der Waals surface area contributed by atoms with Crippen LogP contribution in [0.15, 0.2) is 66.0 Å². The molecule has 0 spiro atoms. The second-order valence-corrected chi connectivity index (χ2v) is 7.50. The van der Waals surface area contributed by atoms with E-state index in [9.17, 15) is 9.18 Å². The number of nitrogens with one attached hydrogen (secondary N) is 1. The minimum atomic E-state index is -0.263. The van der Waals surface area contributed by atoms with Gasteiger partial charge in [0.1, 0.15) is 11.5 Å². The summed E-state index contributed by atoms with van der Waals surface area (Å²) in [6.07, 6.45) is 0. The van der Waals surface area contributed by atoms with Crippen LogP contribution in [-0.2, 0) is 13.1 Å². The van der Waals surface area contributed by atoms with Crippen LogP contribution in [0.25, 0.3) is 10.2 Å². The van der Waals surface area contributed by atoms with E-state index >= 15 is 0 Å². The minimum absolute atomic E-state index is 0.156. The Labute approximate surface area is 161 Å². The third-order valence-corrected chi connectivity index (χ3v) is 5.43. The maximum atomic E-state index is 14.1. The quantitative estimate of drug-likeness (QED) is 0.513. The first kappa shape index (κ1) is 17.5. The molecule has 5 heteroatoms. The van der Waals surface area contributed by atoms with Crippen molar-refractivity contribution in [1.29, 1.82) is 0 Å². The van der Waals surface area contributed by atoms with Crippen LogP contribution in [0.5, 0.6) is 0 Å². The van der Waals surface area contributed by atoms with Crippen molar-refractivity contribution in [2.45, 2.75) is 20.0 Å². The first-order valence-electron chi connectivity index (χ1n) is 8.76. The van der Waals surface area contributed by atoms with Gasteiger partial charge in [0.25, 0.3) is 5.91 Å². The number of thiophene rings is 1. The van der Waals surface area contributed by atoms with Crippen LogP contribution in [-0.4, -0.2) is 10.5 Å². The summed E-state index contributed by atoms with van der Waals surface area (Å²) in [5.74, 6) is -0.419. The number of benzene rings is 2. The van der Waals surface area contributed by atoms with E-state index in [2.05, 4.69) is 11.4 Å². The van der Waals surface area contributed by atoms with Crippen molar-refractivity contribution in [3.05, 3.63) is 94.2 Å². The van der Waals surface area contributed by atoms with Crippen molar-refractivity contribution >= 4 is 27.5 Å². The van der Waals surface area contributed by atoms with Crippen molar-refractivity contribution in [2.24, 2.45) is 0 Å². The molecule has 0 saturated carbocycles. The Morgan fingerprint density at radius 1 is 1.11 bits per heavy atom. The number of rotatable bonds is 5. The van der Waals surface area contributed by atoms with Gasteiger partial charge < -0.3 is 9.88 Å². The molecule has 1 amide bonds. The molecular weight excluding hydrogens is 359 g/mol. The fourth-order valence-corrected chi connectivity index (χ4v) is 4.05. The number of hydrogen-bond donors (Lipinski definition) is 1. The topological polar surface area (TPSA) is 34.0 Å². The van der Waals surface area contributed by atoms with Crippen molar-refractivity contribution in [2.75, 3.05) is 0 Å². The van der Waals surface area contributed by atoms with Crippen LogP contribution >= 0.6 is 11.3 Å². The molecule has 0 aliphatic carbocycles. The van der Waals surface area contributed by atoms with Gasteiger partial charge in [0.15, 0.2) is 0 Å². The average Bonchev–Trinajstić information content (AvgIpc) is 3.24. The number of aromatic nitrogens is 1. The highest BCUT2D eigenvalue weighted by Gasteiger charge is 2.17. The van der Waals surface area contributed by atoms with Gasteiger partial charge in [-0.25, -0.2) is 4.39 Å². The molecule has 0 atom stereocenters. The SMILES string of the molecule is Cc1cccc(CNC(=O)c2cc3sccc3n2Cc2ccccc2F)c1.